The van der Waals surface area contributed by atoms with Crippen LogP contribution in [0.2, 0.25) is 0 Å². The van der Waals surface area contributed by atoms with E-state index in [1.165, 1.54) is 0 Å². The van der Waals surface area contributed by atoms with Gasteiger partial charge in [0.25, 0.3) is 0 Å². The van der Waals surface area contributed by atoms with E-state index in [2.05, 4.69) is 38.5 Å². The molecule has 13 heavy (non-hydrogen) atoms. The number of alkyl halides is 1. The Morgan fingerprint density at radius 1 is 1.62 bits per heavy atom. The summed E-state index contributed by atoms with van der Waals surface area (Å²) in [6.07, 6.45) is 0. The molecule has 0 saturated carbocycles. The Balaban J connectivity index is 3.26. The fraction of sp³-hybridized carbons (Fsp3) is 0.222. The topological polar surface area (TPSA) is 17.1 Å². The van der Waals surface area contributed by atoms with Crippen molar-refractivity contribution in [3.05, 3.63) is 31.3 Å². The minimum Gasteiger partial charge on any atom is -0.293 e. The van der Waals surface area contributed by atoms with Crippen molar-refractivity contribution in [1.82, 2.24) is 0 Å². The van der Waals surface area contributed by atoms with Crippen LogP contribution in [-0.4, -0.2) is 11.7 Å². The third kappa shape index (κ3) is 2.44. The van der Waals surface area contributed by atoms with E-state index in [0.29, 0.717) is 5.56 Å². The molecule has 1 nitrogen and oxygen atoms in total. The Kier molecular flexibility index (Phi) is 4.19. The SMILES string of the molecule is Cc1c(C(=O)CCl)ccc(Br)c1I. The highest BCUT2D eigenvalue weighted by molar-refractivity contribution is 14.1. The molecule has 1 aromatic carbocycles. The lowest BCUT2D eigenvalue weighted by Crippen LogP contribution is -2.04. The van der Waals surface area contributed by atoms with Crippen molar-refractivity contribution in [2.24, 2.45) is 0 Å². The lowest BCUT2D eigenvalue weighted by molar-refractivity contribution is 0.102. The molecule has 0 aromatic heterocycles. The second-order valence-corrected chi connectivity index (χ2v) is 4.79. The first kappa shape index (κ1) is 11.5. The van der Waals surface area contributed by atoms with E-state index in [0.717, 1.165) is 13.6 Å². The van der Waals surface area contributed by atoms with Crippen molar-refractivity contribution in [1.29, 1.82) is 0 Å². The molecule has 1 rings (SSSR count). The Morgan fingerprint density at radius 3 is 2.77 bits per heavy atom. The average Bonchev–Trinajstić information content (AvgIpc) is 2.13. The molecule has 0 radical (unpaired) electrons. The molecule has 0 aliphatic heterocycles. The summed E-state index contributed by atoms with van der Waals surface area (Å²) >= 11 is 11.1. The molecular formula is C9H7BrClIO. The minimum absolute atomic E-state index is 0.0235. The standard InChI is InChI=1S/C9H7BrClIO/c1-5-6(8(13)4-11)2-3-7(10)9(5)12/h2-3H,4H2,1H3. The zero-order valence-electron chi connectivity index (χ0n) is 6.90. The molecule has 0 aliphatic carbocycles. The maximum atomic E-state index is 11.3. The van der Waals surface area contributed by atoms with Crippen LogP contribution in [0.15, 0.2) is 16.6 Å². The highest BCUT2D eigenvalue weighted by atomic mass is 127. The van der Waals surface area contributed by atoms with Crippen molar-refractivity contribution in [3.63, 3.8) is 0 Å². The summed E-state index contributed by atoms with van der Waals surface area (Å²) < 4.78 is 2.07. The van der Waals surface area contributed by atoms with E-state index in [-0.39, 0.29) is 11.7 Å². The molecule has 1 aromatic rings. The van der Waals surface area contributed by atoms with Gasteiger partial charge in [0.15, 0.2) is 5.78 Å². The van der Waals surface area contributed by atoms with E-state index in [4.69, 9.17) is 11.6 Å². The van der Waals surface area contributed by atoms with E-state index in [1.54, 1.807) is 6.07 Å². The van der Waals surface area contributed by atoms with Gasteiger partial charge < -0.3 is 0 Å². The van der Waals surface area contributed by atoms with Crippen LogP contribution in [0.3, 0.4) is 0 Å². The van der Waals surface area contributed by atoms with E-state index >= 15 is 0 Å². The predicted molar refractivity (Wildman–Crippen MR) is 66.6 cm³/mol. The molecule has 0 amide bonds. The summed E-state index contributed by atoms with van der Waals surface area (Å²) in [5.74, 6) is 0.0167. The van der Waals surface area contributed by atoms with Crippen molar-refractivity contribution in [2.45, 2.75) is 6.92 Å². The van der Waals surface area contributed by atoms with Gasteiger partial charge in [0, 0.05) is 13.6 Å². The van der Waals surface area contributed by atoms with E-state index in [1.807, 2.05) is 13.0 Å². The van der Waals surface area contributed by atoms with Gasteiger partial charge in [0.1, 0.15) is 0 Å². The van der Waals surface area contributed by atoms with Gasteiger partial charge in [0.05, 0.1) is 5.88 Å². The molecule has 0 heterocycles. The van der Waals surface area contributed by atoms with Crippen LogP contribution in [-0.2, 0) is 0 Å². The second-order valence-electron chi connectivity index (χ2n) is 2.59. The zero-order chi connectivity index (χ0) is 10.0. The Bertz CT molecular complexity index is 352. The van der Waals surface area contributed by atoms with Gasteiger partial charge in [-0.1, -0.05) is 0 Å². The van der Waals surface area contributed by atoms with Crippen LogP contribution in [0, 0.1) is 10.5 Å². The smallest absolute Gasteiger partial charge is 0.177 e. The first-order chi connectivity index (χ1) is 6.07. The summed E-state index contributed by atoms with van der Waals surface area (Å²) in [5, 5.41) is 0. The molecule has 70 valence electrons. The fourth-order valence-electron chi connectivity index (χ4n) is 1.03. The van der Waals surface area contributed by atoms with Gasteiger partial charge in [-0.3, -0.25) is 4.79 Å². The van der Waals surface area contributed by atoms with Gasteiger partial charge in [0.2, 0.25) is 0 Å². The number of carbonyl (C=O) groups is 1. The molecule has 4 heteroatoms. The van der Waals surface area contributed by atoms with Gasteiger partial charge in [-0.25, -0.2) is 0 Å². The Labute approximate surface area is 104 Å². The summed E-state index contributed by atoms with van der Waals surface area (Å²) in [6.45, 7) is 1.92. The normalized spacial score (nSPS) is 10.2. The fourth-order valence-corrected chi connectivity index (χ4v) is 2.07. The summed E-state index contributed by atoms with van der Waals surface area (Å²) in [5.41, 5.74) is 1.70. The molecule has 0 aliphatic rings. The molecule has 0 fully saturated rings. The quantitative estimate of drug-likeness (QED) is 0.438. The molecule has 0 atom stereocenters. The Hall–Kier alpha value is 0.390. The molecule has 0 unspecified atom stereocenters. The summed E-state index contributed by atoms with van der Waals surface area (Å²) in [6, 6.07) is 3.67. The largest absolute Gasteiger partial charge is 0.293 e. The predicted octanol–water partition coefficient (Wildman–Crippen LogP) is 3.78. The van der Waals surface area contributed by atoms with Crippen LogP contribution in [0.1, 0.15) is 15.9 Å². The monoisotopic (exact) mass is 372 g/mol. The number of hydrogen-bond donors (Lipinski definition) is 0. The first-order valence-electron chi connectivity index (χ1n) is 3.61. The third-order valence-corrected chi connectivity index (χ3v) is 4.80. The van der Waals surface area contributed by atoms with Crippen LogP contribution in [0.4, 0.5) is 0 Å². The highest BCUT2D eigenvalue weighted by Crippen LogP contribution is 2.25. The number of rotatable bonds is 2. The second kappa shape index (κ2) is 4.75. The van der Waals surface area contributed by atoms with Gasteiger partial charge >= 0.3 is 0 Å². The summed E-state index contributed by atoms with van der Waals surface area (Å²) in [7, 11) is 0. The highest BCUT2D eigenvalue weighted by Gasteiger charge is 2.11. The molecule has 0 N–H and O–H groups in total. The first-order valence-corrected chi connectivity index (χ1v) is 6.02. The van der Waals surface area contributed by atoms with Gasteiger partial charge in [-0.2, -0.15) is 0 Å². The number of halogens is 3. The number of benzene rings is 1. The number of hydrogen-bond acceptors (Lipinski definition) is 1. The zero-order valence-corrected chi connectivity index (χ0v) is 11.4. The molecule has 0 saturated heterocycles. The molecule has 0 bridgehead atoms. The van der Waals surface area contributed by atoms with Crippen molar-refractivity contribution in [3.8, 4) is 0 Å². The number of ketones is 1. The maximum Gasteiger partial charge on any atom is 0.177 e. The van der Waals surface area contributed by atoms with Crippen LogP contribution < -0.4 is 0 Å². The van der Waals surface area contributed by atoms with Crippen molar-refractivity contribution >= 4 is 55.9 Å². The van der Waals surface area contributed by atoms with Crippen LogP contribution in [0.25, 0.3) is 0 Å². The van der Waals surface area contributed by atoms with Crippen molar-refractivity contribution in [2.75, 3.05) is 5.88 Å². The lowest BCUT2D eigenvalue weighted by atomic mass is 10.1. The molecule has 0 spiro atoms. The van der Waals surface area contributed by atoms with Gasteiger partial charge in [-0.05, 0) is 63.1 Å². The van der Waals surface area contributed by atoms with E-state index < -0.39 is 0 Å². The number of Topliss-reactive ketones (excluding diaryl/α,β-unsaturated/α-hetero) is 1. The van der Waals surface area contributed by atoms with Crippen molar-refractivity contribution < 1.29 is 4.79 Å². The minimum atomic E-state index is -0.0235. The average molecular weight is 373 g/mol. The van der Waals surface area contributed by atoms with Gasteiger partial charge in [-0.15, -0.1) is 11.6 Å². The Morgan fingerprint density at radius 2 is 2.23 bits per heavy atom. The van der Waals surface area contributed by atoms with Crippen LogP contribution >= 0.6 is 50.1 Å². The number of carbonyl (C=O) groups excluding carboxylic acids is 1. The van der Waals surface area contributed by atoms with Crippen LogP contribution in [0.5, 0.6) is 0 Å². The summed E-state index contributed by atoms with van der Waals surface area (Å²) in [4.78, 5) is 11.3. The molecular weight excluding hydrogens is 366 g/mol. The van der Waals surface area contributed by atoms with E-state index in [9.17, 15) is 4.79 Å². The third-order valence-electron chi connectivity index (χ3n) is 1.76. The maximum absolute atomic E-state index is 11.3. The lowest BCUT2D eigenvalue weighted by Gasteiger charge is -2.06.